The molecule has 0 fully saturated rings. The summed E-state index contributed by atoms with van der Waals surface area (Å²) in [5.41, 5.74) is 7.65. The molecular weight excluding hydrogens is 410 g/mol. The molecule has 0 spiro atoms. The highest BCUT2D eigenvalue weighted by Gasteiger charge is 2.30. The van der Waals surface area contributed by atoms with Crippen LogP contribution >= 0.6 is 0 Å². The molecular formula is C29H33NO3. The van der Waals surface area contributed by atoms with Gasteiger partial charge >= 0.3 is 0 Å². The molecule has 5 rings (SSSR count). The maximum Gasteiger partial charge on any atom is 0.231 e. The number of hydrogen-bond acceptors (Lipinski definition) is 4. The van der Waals surface area contributed by atoms with Crippen molar-refractivity contribution in [3.63, 3.8) is 0 Å². The predicted molar refractivity (Wildman–Crippen MR) is 133 cm³/mol. The van der Waals surface area contributed by atoms with Crippen LogP contribution in [-0.2, 0) is 11.2 Å². The maximum absolute atomic E-state index is 6.26. The summed E-state index contributed by atoms with van der Waals surface area (Å²) < 4.78 is 17.2. The van der Waals surface area contributed by atoms with Gasteiger partial charge in [-0.1, -0.05) is 48.5 Å². The Hall–Kier alpha value is -2.82. The van der Waals surface area contributed by atoms with Gasteiger partial charge in [-0.15, -0.1) is 0 Å². The third-order valence-electron chi connectivity index (χ3n) is 6.88. The predicted octanol–water partition coefficient (Wildman–Crippen LogP) is 6.34. The Kier molecular flexibility index (Phi) is 6.39. The Morgan fingerprint density at radius 3 is 2.24 bits per heavy atom. The number of hydrogen-bond donors (Lipinski definition) is 0. The summed E-state index contributed by atoms with van der Waals surface area (Å²) in [6.07, 6.45) is 3.71. The van der Waals surface area contributed by atoms with Crippen LogP contribution in [0.4, 0.5) is 0 Å². The van der Waals surface area contributed by atoms with Crippen molar-refractivity contribution < 1.29 is 14.2 Å². The van der Waals surface area contributed by atoms with Gasteiger partial charge in [0.1, 0.15) is 0 Å². The number of ether oxygens (including phenoxy) is 3. The Bertz CT molecular complexity index is 1110. The van der Waals surface area contributed by atoms with Crippen LogP contribution in [0.3, 0.4) is 0 Å². The highest BCUT2D eigenvalue weighted by atomic mass is 16.7. The van der Waals surface area contributed by atoms with Gasteiger partial charge in [-0.25, -0.2) is 0 Å². The van der Waals surface area contributed by atoms with E-state index >= 15 is 0 Å². The van der Waals surface area contributed by atoms with E-state index in [1.165, 1.54) is 40.7 Å². The molecule has 0 saturated heterocycles. The molecule has 3 aromatic rings. The van der Waals surface area contributed by atoms with Crippen molar-refractivity contribution in [1.29, 1.82) is 0 Å². The number of aryl methyl sites for hydroxylation is 1. The van der Waals surface area contributed by atoms with E-state index in [0.717, 1.165) is 36.6 Å². The quantitative estimate of drug-likeness (QED) is 0.426. The first-order valence-corrected chi connectivity index (χ1v) is 12.0. The highest BCUT2D eigenvalue weighted by Crippen LogP contribution is 2.41. The van der Waals surface area contributed by atoms with Crippen molar-refractivity contribution in [1.82, 2.24) is 4.90 Å². The van der Waals surface area contributed by atoms with Gasteiger partial charge in [-0.3, -0.25) is 0 Å². The molecule has 2 aliphatic rings. The molecule has 3 aromatic carbocycles. The van der Waals surface area contributed by atoms with Crippen LogP contribution in [0.15, 0.2) is 60.7 Å². The van der Waals surface area contributed by atoms with Gasteiger partial charge in [0, 0.05) is 6.61 Å². The monoisotopic (exact) mass is 443 g/mol. The lowest BCUT2D eigenvalue weighted by Gasteiger charge is -2.34. The summed E-state index contributed by atoms with van der Waals surface area (Å²) in [7, 11) is 4.30. The van der Waals surface area contributed by atoms with Crippen molar-refractivity contribution in [2.75, 3.05) is 34.0 Å². The van der Waals surface area contributed by atoms with E-state index in [4.69, 9.17) is 14.2 Å². The van der Waals surface area contributed by atoms with E-state index in [0.29, 0.717) is 12.7 Å². The summed E-state index contributed by atoms with van der Waals surface area (Å²) in [4.78, 5) is 2.27. The second-order valence-corrected chi connectivity index (χ2v) is 9.33. The first kappa shape index (κ1) is 22.0. The second kappa shape index (κ2) is 9.58. The minimum Gasteiger partial charge on any atom is -0.454 e. The number of fused-ring (bicyclic) bond motifs is 2. The Morgan fingerprint density at radius 2 is 1.52 bits per heavy atom. The first-order valence-electron chi connectivity index (χ1n) is 12.0. The standard InChI is InChI=1S/C29H33NO3/c1-4-31-29-22(15-16-30(2)3)9-10-25-17-23(11-13-26(25)29)20-5-7-21(8-6-20)24-12-14-27-28(18-24)33-19-32-27/h5-8,11-14,17-18,22,29H,4,9-10,15-16,19H2,1-3H3. The van der Waals surface area contributed by atoms with Crippen LogP contribution in [0, 0.1) is 5.92 Å². The zero-order valence-electron chi connectivity index (χ0n) is 19.8. The Morgan fingerprint density at radius 1 is 0.848 bits per heavy atom. The fourth-order valence-corrected chi connectivity index (χ4v) is 5.08. The van der Waals surface area contributed by atoms with Crippen molar-refractivity contribution in [3.8, 4) is 33.8 Å². The lowest BCUT2D eigenvalue weighted by molar-refractivity contribution is 0.00449. The minimum atomic E-state index is 0.209. The fraction of sp³-hybridized carbons (Fsp3) is 0.379. The average molecular weight is 444 g/mol. The molecule has 172 valence electrons. The third-order valence-corrected chi connectivity index (χ3v) is 6.88. The van der Waals surface area contributed by atoms with Crippen LogP contribution in [0.1, 0.15) is 37.0 Å². The van der Waals surface area contributed by atoms with Gasteiger partial charge in [0.15, 0.2) is 11.5 Å². The zero-order valence-corrected chi connectivity index (χ0v) is 19.8. The number of nitrogens with zero attached hydrogens (tertiary/aromatic N) is 1. The fourth-order valence-electron chi connectivity index (χ4n) is 5.08. The highest BCUT2D eigenvalue weighted by molar-refractivity contribution is 5.72. The van der Waals surface area contributed by atoms with Crippen LogP contribution in [0.25, 0.3) is 22.3 Å². The van der Waals surface area contributed by atoms with Gasteiger partial charge in [0.2, 0.25) is 6.79 Å². The molecule has 0 radical (unpaired) electrons. The molecule has 4 nitrogen and oxygen atoms in total. The topological polar surface area (TPSA) is 30.9 Å². The van der Waals surface area contributed by atoms with Crippen LogP contribution in [0.2, 0.25) is 0 Å². The van der Waals surface area contributed by atoms with E-state index in [1.807, 2.05) is 6.07 Å². The number of rotatable bonds is 7. The molecule has 0 saturated carbocycles. The molecule has 0 bridgehead atoms. The minimum absolute atomic E-state index is 0.209. The first-order chi connectivity index (χ1) is 16.1. The van der Waals surface area contributed by atoms with Gasteiger partial charge < -0.3 is 19.1 Å². The summed E-state index contributed by atoms with van der Waals surface area (Å²) >= 11 is 0. The zero-order chi connectivity index (χ0) is 22.8. The van der Waals surface area contributed by atoms with Crippen molar-refractivity contribution >= 4 is 0 Å². The van der Waals surface area contributed by atoms with E-state index in [1.54, 1.807) is 0 Å². The summed E-state index contributed by atoms with van der Waals surface area (Å²) in [6, 6.07) is 21.9. The Balaban J connectivity index is 1.36. The molecule has 0 N–H and O–H groups in total. The van der Waals surface area contributed by atoms with E-state index in [-0.39, 0.29) is 6.10 Å². The van der Waals surface area contributed by atoms with Crippen molar-refractivity contribution in [2.45, 2.75) is 32.3 Å². The molecule has 2 atom stereocenters. The summed E-state index contributed by atoms with van der Waals surface area (Å²) in [5.74, 6) is 2.23. The molecule has 1 aliphatic carbocycles. The van der Waals surface area contributed by atoms with Gasteiger partial charge in [0.05, 0.1) is 6.10 Å². The molecule has 2 unspecified atom stereocenters. The Labute approximate surface area is 197 Å². The third kappa shape index (κ3) is 4.64. The SMILES string of the molecule is CCOC1c2ccc(-c3ccc(-c4ccc5c(c4)OCO5)cc3)cc2CCC1CCN(C)C. The van der Waals surface area contributed by atoms with Crippen LogP contribution in [0.5, 0.6) is 11.5 Å². The summed E-state index contributed by atoms with van der Waals surface area (Å²) in [6.45, 7) is 4.27. The van der Waals surface area contributed by atoms with Crippen LogP contribution < -0.4 is 9.47 Å². The molecule has 1 aliphatic heterocycles. The van der Waals surface area contributed by atoms with Crippen molar-refractivity contribution in [3.05, 3.63) is 71.8 Å². The largest absolute Gasteiger partial charge is 0.454 e. The van der Waals surface area contributed by atoms with E-state index in [9.17, 15) is 0 Å². The smallest absolute Gasteiger partial charge is 0.231 e. The van der Waals surface area contributed by atoms with Gasteiger partial charge in [0.25, 0.3) is 0 Å². The molecule has 0 amide bonds. The maximum atomic E-state index is 6.26. The molecule has 4 heteroatoms. The normalized spacial score (nSPS) is 19.0. The van der Waals surface area contributed by atoms with Gasteiger partial charge in [-0.05, 0) is 98.3 Å². The van der Waals surface area contributed by atoms with Gasteiger partial charge in [-0.2, -0.15) is 0 Å². The number of benzene rings is 3. The van der Waals surface area contributed by atoms with E-state index < -0.39 is 0 Å². The average Bonchev–Trinajstić information content (AvgIpc) is 3.31. The molecule has 1 heterocycles. The summed E-state index contributed by atoms with van der Waals surface area (Å²) in [5, 5.41) is 0. The molecule has 33 heavy (non-hydrogen) atoms. The molecule has 0 aromatic heterocycles. The lowest BCUT2D eigenvalue weighted by atomic mass is 9.78. The second-order valence-electron chi connectivity index (χ2n) is 9.33. The van der Waals surface area contributed by atoms with Crippen molar-refractivity contribution in [2.24, 2.45) is 5.92 Å². The van der Waals surface area contributed by atoms with E-state index in [2.05, 4.69) is 80.5 Å². The lowest BCUT2D eigenvalue weighted by Crippen LogP contribution is -2.26. The van der Waals surface area contributed by atoms with Crippen LogP contribution in [-0.4, -0.2) is 38.9 Å².